The second-order valence-electron chi connectivity index (χ2n) is 5.71. The number of hydrogen-bond donors (Lipinski definition) is 2. The number of hydrogen-bond acceptors (Lipinski definition) is 3. The molecule has 1 aliphatic heterocycles. The summed E-state index contributed by atoms with van der Waals surface area (Å²) in [6.45, 7) is 4.75. The number of nitrogens with zero attached hydrogens (tertiary/aromatic N) is 1. The van der Waals surface area contributed by atoms with Crippen molar-refractivity contribution >= 4 is 17.5 Å². The number of carbonyl (C=O) groups excluding carboxylic acids is 2. The van der Waals surface area contributed by atoms with Gasteiger partial charge in [0.2, 0.25) is 5.91 Å². The van der Waals surface area contributed by atoms with E-state index in [9.17, 15) is 9.59 Å². The van der Waals surface area contributed by atoms with E-state index in [1.165, 1.54) is 12.8 Å². The molecule has 1 fully saturated rings. The van der Waals surface area contributed by atoms with E-state index in [-0.39, 0.29) is 11.8 Å². The SMILES string of the molecule is CCN(CCNC(=O)c1ccc2c(c1)NC(=O)C2)C1CC1. The number of likely N-dealkylation sites (N-methyl/N-ethyl adjacent to an activating group) is 1. The Morgan fingerprint density at radius 1 is 1.43 bits per heavy atom. The van der Waals surface area contributed by atoms with Gasteiger partial charge in [-0.15, -0.1) is 0 Å². The van der Waals surface area contributed by atoms with E-state index in [1.807, 2.05) is 6.07 Å². The second kappa shape index (κ2) is 5.85. The number of amides is 2. The Bertz CT molecular complexity index is 567. The van der Waals surface area contributed by atoms with Crippen LogP contribution in [-0.4, -0.2) is 42.4 Å². The number of carbonyl (C=O) groups is 2. The molecule has 1 saturated carbocycles. The minimum absolute atomic E-state index is 0.00872. The van der Waals surface area contributed by atoms with Crippen molar-refractivity contribution in [1.82, 2.24) is 10.2 Å². The summed E-state index contributed by atoms with van der Waals surface area (Å²) in [6.07, 6.45) is 2.97. The third-order valence-corrected chi connectivity index (χ3v) is 4.15. The van der Waals surface area contributed by atoms with Gasteiger partial charge in [0.05, 0.1) is 6.42 Å². The molecule has 0 aromatic heterocycles. The van der Waals surface area contributed by atoms with Gasteiger partial charge in [0.15, 0.2) is 0 Å². The van der Waals surface area contributed by atoms with E-state index < -0.39 is 0 Å². The molecule has 112 valence electrons. The third kappa shape index (κ3) is 3.24. The number of rotatable bonds is 6. The first-order valence-electron chi connectivity index (χ1n) is 7.62. The summed E-state index contributed by atoms with van der Waals surface area (Å²) in [7, 11) is 0. The lowest BCUT2D eigenvalue weighted by atomic mass is 10.1. The molecule has 0 radical (unpaired) electrons. The average Bonchev–Trinajstić information content (AvgIpc) is 3.23. The fourth-order valence-corrected chi connectivity index (χ4v) is 2.81. The second-order valence-corrected chi connectivity index (χ2v) is 5.71. The first-order chi connectivity index (χ1) is 10.2. The summed E-state index contributed by atoms with van der Waals surface area (Å²) in [4.78, 5) is 25.9. The molecule has 0 unspecified atom stereocenters. The molecule has 3 rings (SSSR count). The van der Waals surface area contributed by atoms with Crippen LogP contribution >= 0.6 is 0 Å². The lowest BCUT2D eigenvalue weighted by Gasteiger charge is -2.19. The maximum atomic E-state index is 12.1. The molecule has 2 N–H and O–H groups in total. The molecule has 5 heteroatoms. The number of anilines is 1. The summed E-state index contributed by atoms with van der Waals surface area (Å²) in [6, 6.07) is 6.12. The van der Waals surface area contributed by atoms with Crippen LogP contribution in [0.25, 0.3) is 0 Å². The standard InChI is InChI=1S/C16H21N3O2/c1-2-19(13-5-6-13)8-7-17-16(21)12-4-3-11-10-15(20)18-14(11)9-12/h3-4,9,13H,2,5-8,10H2,1H3,(H,17,21)(H,18,20). The fourth-order valence-electron chi connectivity index (χ4n) is 2.81. The molecule has 2 aliphatic rings. The molecule has 1 aliphatic carbocycles. The van der Waals surface area contributed by atoms with Crippen LogP contribution < -0.4 is 10.6 Å². The minimum atomic E-state index is -0.0780. The summed E-state index contributed by atoms with van der Waals surface area (Å²) in [5.41, 5.74) is 2.33. The van der Waals surface area contributed by atoms with E-state index in [2.05, 4.69) is 22.5 Å². The van der Waals surface area contributed by atoms with Crippen LogP contribution in [0.3, 0.4) is 0 Å². The molecule has 21 heavy (non-hydrogen) atoms. The van der Waals surface area contributed by atoms with E-state index in [0.717, 1.165) is 30.4 Å². The van der Waals surface area contributed by atoms with Crippen molar-refractivity contribution < 1.29 is 9.59 Å². The van der Waals surface area contributed by atoms with Crippen molar-refractivity contribution in [2.24, 2.45) is 0 Å². The van der Waals surface area contributed by atoms with Crippen LogP contribution in [0, 0.1) is 0 Å². The predicted molar refractivity (Wildman–Crippen MR) is 81.4 cm³/mol. The van der Waals surface area contributed by atoms with E-state index in [0.29, 0.717) is 18.5 Å². The zero-order chi connectivity index (χ0) is 14.8. The smallest absolute Gasteiger partial charge is 0.251 e. The molecule has 1 aromatic carbocycles. The van der Waals surface area contributed by atoms with E-state index in [4.69, 9.17) is 0 Å². The average molecular weight is 287 g/mol. The molecule has 2 amide bonds. The minimum Gasteiger partial charge on any atom is -0.351 e. The zero-order valence-corrected chi connectivity index (χ0v) is 12.3. The van der Waals surface area contributed by atoms with E-state index >= 15 is 0 Å². The first-order valence-corrected chi connectivity index (χ1v) is 7.62. The van der Waals surface area contributed by atoms with Gasteiger partial charge >= 0.3 is 0 Å². The van der Waals surface area contributed by atoms with Crippen LogP contribution in [0.5, 0.6) is 0 Å². The van der Waals surface area contributed by atoms with Crippen molar-refractivity contribution in [2.75, 3.05) is 25.0 Å². The van der Waals surface area contributed by atoms with E-state index in [1.54, 1.807) is 12.1 Å². The van der Waals surface area contributed by atoms with Crippen LogP contribution in [-0.2, 0) is 11.2 Å². The van der Waals surface area contributed by atoms with Crippen molar-refractivity contribution in [3.05, 3.63) is 29.3 Å². The van der Waals surface area contributed by atoms with Crippen molar-refractivity contribution in [2.45, 2.75) is 32.2 Å². The van der Waals surface area contributed by atoms with Gasteiger partial charge in [-0.2, -0.15) is 0 Å². The highest BCUT2D eigenvalue weighted by atomic mass is 16.2. The van der Waals surface area contributed by atoms with Crippen LogP contribution in [0.1, 0.15) is 35.7 Å². The van der Waals surface area contributed by atoms with Crippen LogP contribution in [0.2, 0.25) is 0 Å². The highest BCUT2D eigenvalue weighted by Crippen LogP contribution is 2.26. The Morgan fingerprint density at radius 3 is 2.95 bits per heavy atom. The predicted octanol–water partition coefficient (Wildman–Crippen LogP) is 1.40. The summed E-state index contributed by atoms with van der Waals surface area (Å²) >= 11 is 0. The number of benzene rings is 1. The van der Waals surface area contributed by atoms with Gasteiger partial charge in [0.1, 0.15) is 0 Å². The molecule has 1 heterocycles. The maximum absolute atomic E-state index is 12.1. The number of fused-ring (bicyclic) bond motifs is 1. The van der Waals surface area contributed by atoms with Crippen molar-refractivity contribution in [3.63, 3.8) is 0 Å². The lowest BCUT2D eigenvalue weighted by molar-refractivity contribution is -0.115. The first kappa shape index (κ1) is 14.1. The van der Waals surface area contributed by atoms with Gasteiger partial charge in [-0.3, -0.25) is 14.5 Å². The van der Waals surface area contributed by atoms with Gasteiger partial charge in [0.25, 0.3) is 5.91 Å². The molecular formula is C16H21N3O2. The van der Waals surface area contributed by atoms with Gasteiger partial charge in [-0.25, -0.2) is 0 Å². The largest absolute Gasteiger partial charge is 0.351 e. The Kier molecular flexibility index (Phi) is 3.92. The maximum Gasteiger partial charge on any atom is 0.251 e. The van der Waals surface area contributed by atoms with Crippen molar-refractivity contribution in [3.8, 4) is 0 Å². The third-order valence-electron chi connectivity index (χ3n) is 4.15. The summed E-state index contributed by atoms with van der Waals surface area (Å²) in [5, 5.41) is 5.73. The Hall–Kier alpha value is -1.88. The lowest BCUT2D eigenvalue weighted by Crippen LogP contribution is -2.36. The molecule has 0 spiro atoms. The summed E-state index contributed by atoms with van der Waals surface area (Å²) in [5.74, 6) is -0.0867. The molecule has 0 atom stereocenters. The Balaban J connectivity index is 1.53. The van der Waals surface area contributed by atoms with Gasteiger partial charge in [-0.1, -0.05) is 13.0 Å². The molecule has 1 aromatic rings. The van der Waals surface area contributed by atoms with Gasteiger partial charge in [-0.05, 0) is 37.1 Å². The quantitative estimate of drug-likeness (QED) is 0.831. The van der Waals surface area contributed by atoms with Gasteiger partial charge < -0.3 is 10.6 Å². The van der Waals surface area contributed by atoms with Gasteiger partial charge in [0, 0.05) is 30.4 Å². The number of nitrogens with one attached hydrogen (secondary N) is 2. The highest BCUT2D eigenvalue weighted by Gasteiger charge is 2.27. The molecule has 5 nitrogen and oxygen atoms in total. The monoisotopic (exact) mass is 287 g/mol. The normalized spacial score (nSPS) is 16.8. The molecule has 0 bridgehead atoms. The van der Waals surface area contributed by atoms with Crippen LogP contribution in [0.15, 0.2) is 18.2 Å². The summed E-state index contributed by atoms with van der Waals surface area (Å²) < 4.78 is 0. The highest BCUT2D eigenvalue weighted by molar-refractivity contribution is 6.02. The van der Waals surface area contributed by atoms with Crippen molar-refractivity contribution in [1.29, 1.82) is 0 Å². The fraction of sp³-hybridized carbons (Fsp3) is 0.500. The Labute approximate surface area is 124 Å². The molecular weight excluding hydrogens is 266 g/mol. The topological polar surface area (TPSA) is 61.4 Å². The van der Waals surface area contributed by atoms with Crippen LogP contribution in [0.4, 0.5) is 5.69 Å². The zero-order valence-electron chi connectivity index (χ0n) is 12.3. The molecule has 0 saturated heterocycles. The Morgan fingerprint density at radius 2 is 2.24 bits per heavy atom.